The standard InChI is InChI=1S/C20H22N2O2/c1-15(11-12-17-7-4-3-5-8-17)22-20(23)16(2)24-19-10-6-9-18(13-19)14-21/h3-10,13,15-16H,11-12H2,1-2H3,(H,22,23)/t15-,16-/m0/s1. The van der Waals surface area contributed by atoms with Crippen LogP contribution in [0.15, 0.2) is 54.6 Å². The molecule has 4 heteroatoms. The fourth-order valence-corrected chi connectivity index (χ4v) is 2.36. The van der Waals surface area contributed by atoms with Crippen LogP contribution in [0.3, 0.4) is 0 Å². The molecule has 0 spiro atoms. The van der Waals surface area contributed by atoms with E-state index < -0.39 is 6.10 Å². The molecule has 1 amide bonds. The Hall–Kier alpha value is -2.80. The fraction of sp³-hybridized carbons (Fsp3) is 0.300. The highest BCUT2D eigenvalue weighted by Crippen LogP contribution is 2.14. The second-order valence-electron chi connectivity index (χ2n) is 5.83. The maximum atomic E-state index is 12.2. The van der Waals surface area contributed by atoms with Crippen molar-refractivity contribution in [2.75, 3.05) is 0 Å². The van der Waals surface area contributed by atoms with Gasteiger partial charge < -0.3 is 10.1 Å². The van der Waals surface area contributed by atoms with Crippen molar-refractivity contribution in [2.24, 2.45) is 0 Å². The summed E-state index contributed by atoms with van der Waals surface area (Å²) in [4.78, 5) is 12.2. The molecule has 0 aliphatic carbocycles. The zero-order chi connectivity index (χ0) is 17.4. The highest BCUT2D eigenvalue weighted by atomic mass is 16.5. The summed E-state index contributed by atoms with van der Waals surface area (Å²) in [5, 5.41) is 11.9. The van der Waals surface area contributed by atoms with Gasteiger partial charge in [0.2, 0.25) is 0 Å². The Balaban J connectivity index is 1.81. The predicted molar refractivity (Wildman–Crippen MR) is 93.6 cm³/mol. The van der Waals surface area contributed by atoms with Crippen LogP contribution in [0.1, 0.15) is 31.4 Å². The summed E-state index contributed by atoms with van der Waals surface area (Å²) in [5.74, 6) is 0.367. The lowest BCUT2D eigenvalue weighted by atomic mass is 10.1. The average Bonchev–Trinajstić information content (AvgIpc) is 2.61. The molecule has 2 rings (SSSR count). The molecule has 0 radical (unpaired) electrons. The number of carbonyl (C=O) groups excluding carboxylic acids is 1. The van der Waals surface area contributed by atoms with Crippen LogP contribution in [0.2, 0.25) is 0 Å². The van der Waals surface area contributed by atoms with E-state index in [1.54, 1.807) is 31.2 Å². The minimum Gasteiger partial charge on any atom is -0.481 e. The van der Waals surface area contributed by atoms with E-state index in [0.717, 1.165) is 12.8 Å². The Kier molecular flexibility index (Phi) is 6.39. The monoisotopic (exact) mass is 322 g/mol. The molecular formula is C20H22N2O2. The summed E-state index contributed by atoms with van der Waals surface area (Å²) >= 11 is 0. The number of rotatable bonds is 7. The number of aryl methyl sites for hydroxylation is 1. The topological polar surface area (TPSA) is 62.1 Å². The molecule has 2 aromatic rings. The number of carbonyl (C=O) groups is 1. The van der Waals surface area contributed by atoms with Gasteiger partial charge in [0.25, 0.3) is 5.91 Å². The normalized spacial score (nSPS) is 12.7. The first-order valence-electron chi connectivity index (χ1n) is 8.09. The molecule has 1 N–H and O–H groups in total. The lowest BCUT2D eigenvalue weighted by Gasteiger charge is -2.19. The molecule has 24 heavy (non-hydrogen) atoms. The van der Waals surface area contributed by atoms with Crippen molar-refractivity contribution in [3.63, 3.8) is 0 Å². The Morgan fingerprint density at radius 1 is 1.17 bits per heavy atom. The number of benzene rings is 2. The first-order chi connectivity index (χ1) is 11.6. The lowest BCUT2D eigenvalue weighted by molar-refractivity contribution is -0.127. The molecule has 0 aromatic heterocycles. The van der Waals surface area contributed by atoms with Crippen molar-refractivity contribution in [3.8, 4) is 11.8 Å². The molecule has 0 bridgehead atoms. The molecule has 2 aromatic carbocycles. The minimum atomic E-state index is -0.613. The van der Waals surface area contributed by atoms with Crippen LogP contribution in [0.25, 0.3) is 0 Å². The van der Waals surface area contributed by atoms with Gasteiger partial charge in [0.05, 0.1) is 11.6 Å². The van der Waals surface area contributed by atoms with Crippen LogP contribution in [0, 0.1) is 11.3 Å². The molecule has 0 aliphatic heterocycles. The molecule has 0 aliphatic rings. The molecule has 0 heterocycles. The van der Waals surface area contributed by atoms with Gasteiger partial charge in [-0.25, -0.2) is 0 Å². The second kappa shape index (κ2) is 8.73. The summed E-state index contributed by atoms with van der Waals surface area (Å²) in [7, 11) is 0. The average molecular weight is 322 g/mol. The number of hydrogen-bond acceptors (Lipinski definition) is 3. The Bertz CT molecular complexity index is 707. The number of ether oxygens (including phenoxy) is 1. The van der Waals surface area contributed by atoms with Crippen molar-refractivity contribution < 1.29 is 9.53 Å². The van der Waals surface area contributed by atoms with Gasteiger partial charge in [-0.2, -0.15) is 5.26 Å². The molecule has 0 fully saturated rings. The molecule has 0 unspecified atom stereocenters. The molecule has 4 nitrogen and oxygen atoms in total. The fourth-order valence-electron chi connectivity index (χ4n) is 2.36. The molecule has 0 saturated heterocycles. The number of nitriles is 1. The van der Waals surface area contributed by atoms with Gasteiger partial charge >= 0.3 is 0 Å². The van der Waals surface area contributed by atoms with E-state index in [-0.39, 0.29) is 11.9 Å². The zero-order valence-electron chi connectivity index (χ0n) is 14.0. The Morgan fingerprint density at radius 3 is 2.62 bits per heavy atom. The maximum Gasteiger partial charge on any atom is 0.260 e. The third-order valence-corrected chi connectivity index (χ3v) is 3.74. The summed E-state index contributed by atoms with van der Waals surface area (Å²) in [5.41, 5.74) is 1.77. The lowest BCUT2D eigenvalue weighted by Crippen LogP contribution is -2.41. The van der Waals surface area contributed by atoms with Gasteiger partial charge in [0, 0.05) is 6.04 Å². The van der Waals surface area contributed by atoms with Crippen molar-refractivity contribution >= 4 is 5.91 Å². The van der Waals surface area contributed by atoms with E-state index in [4.69, 9.17) is 10.00 Å². The minimum absolute atomic E-state index is 0.0641. The third kappa shape index (κ3) is 5.44. The Morgan fingerprint density at radius 2 is 1.92 bits per heavy atom. The first kappa shape index (κ1) is 17.6. The predicted octanol–water partition coefficient (Wildman–Crippen LogP) is 3.46. The molecule has 0 saturated carbocycles. The smallest absolute Gasteiger partial charge is 0.260 e. The summed E-state index contributed by atoms with van der Waals surface area (Å²) < 4.78 is 5.62. The van der Waals surface area contributed by atoms with Crippen LogP contribution >= 0.6 is 0 Å². The molecular weight excluding hydrogens is 300 g/mol. The highest BCUT2D eigenvalue weighted by molar-refractivity contribution is 5.81. The van der Waals surface area contributed by atoms with Gasteiger partial charge in [-0.05, 0) is 50.5 Å². The maximum absolute atomic E-state index is 12.2. The van der Waals surface area contributed by atoms with Crippen molar-refractivity contribution in [1.82, 2.24) is 5.32 Å². The summed E-state index contributed by atoms with van der Waals surface area (Å²) in [6.07, 6.45) is 1.17. The highest BCUT2D eigenvalue weighted by Gasteiger charge is 2.17. The van der Waals surface area contributed by atoms with Crippen LogP contribution in [0.5, 0.6) is 5.75 Å². The van der Waals surface area contributed by atoms with E-state index in [0.29, 0.717) is 11.3 Å². The first-order valence-corrected chi connectivity index (χ1v) is 8.09. The zero-order valence-corrected chi connectivity index (χ0v) is 14.0. The van der Waals surface area contributed by atoms with Crippen LogP contribution < -0.4 is 10.1 Å². The number of nitrogens with zero attached hydrogens (tertiary/aromatic N) is 1. The van der Waals surface area contributed by atoms with Crippen molar-refractivity contribution in [3.05, 3.63) is 65.7 Å². The van der Waals surface area contributed by atoms with E-state index >= 15 is 0 Å². The SMILES string of the molecule is C[C@H](Oc1cccc(C#N)c1)C(=O)N[C@@H](C)CCc1ccccc1. The van der Waals surface area contributed by atoms with Gasteiger partial charge in [-0.15, -0.1) is 0 Å². The van der Waals surface area contributed by atoms with Gasteiger partial charge in [0.15, 0.2) is 6.10 Å². The van der Waals surface area contributed by atoms with Crippen LogP contribution in [0.4, 0.5) is 0 Å². The van der Waals surface area contributed by atoms with Gasteiger partial charge in [0.1, 0.15) is 5.75 Å². The molecule has 124 valence electrons. The number of hydrogen-bond donors (Lipinski definition) is 1. The quantitative estimate of drug-likeness (QED) is 0.849. The number of amides is 1. The van der Waals surface area contributed by atoms with Crippen molar-refractivity contribution in [2.45, 2.75) is 38.8 Å². The Labute approximate surface area is 143 Å². The van der Waals surface area contributed by atoms with Crippen LogP contribution in [-0.2, 0) is 11.2 Å². The van der Waals surface area contributed by atoms with E-state index in [1.807, 2.05) is 25.1 Å². The second-order valence-corrected chi connectivity index (χ2v) is 5.83. The number of nitrogens with one attached hydrogen (secondary N) is 1. The van der Waals surface area contributed by atoms with Crippen molar-refractivity contribution in [1.29, 1.82) is 5.26 Å². The summed E-state index contributed by atoms with van der Waals surface area (Å²) in [6.45, 7) is 3.70. The van der Waals surface area contributed by atoms with E-state index in [9.17, 15) is 4.79 Å². The van der Waals surface area contributed by atoms with E-state index in [2.05, 4.69) is 23.5 Å². The van der Waals surface area contributed by atoms with E-state index in [1.165, 1.54) is 5.56 Å². The summed E-state index contributed by atoms with van der Waals surface area (Å²) in [6, 6.07) is 19.1. The third-order valence-electron chi connectivity index (χ3n) is 3.74. The van der Waals surface area contributed by atoms with Crippen LogP contribution in [-0.4, -0.2) is 18.1 Å². The van der Waals surface area contributed by atoms with Gasteiger partial charge in [-0.1, -0.05) is 36.4 Å². The van der Waals surface area contributed by atoms with Gasteiger partial charge in [-0.3, -0.25) is 4.79 Å². The largest absolute Gasteiger partial charge is 0.481 e. The molecule has 2 atom stereocenters.